The standard InChI is InChI=1S/C19H19F3N2O3S/c1-13-6-7-14-4-2-3-5-17(14)24(13)28(26,27)16-10-8-15(9-11-16)18(25)23-12-19(20,21)22/h2-5,8-11,13H,6-7,12H2,1H3,(H,23,25)/t13-/m1/s1. The summed E-state index contributed by atoms with van der Waals surface area (Å²) >= 11 is 0. The number of para-hydroxylation sites is 1. The largest absolute Gasteiger partial charge is 0.405 e. The van der Waals surface area contributed by atoms with Crippen molar-refractivity contribution in [3.8, 4) is 0 Å². The fourth-order valence-electron chi connectivity index (χ4n) is 3.20. The summed E-state index contributed by atoms with van der Waals surface area (Å²) in [6.45, 7) is 0.375. The molecular weight excluding hydrogens is 393 g/mol. The first-order chi connectivity index (χ1) is 13.1. The van der Waals surface area contributed by atoms with Crippen molar-refractivity contribution in [1.82, 2.24) is 5.32 Å². The normalized spacial score (nSPS) is 17.1. The Morgan fingerprint density at radius 2 is 1.79 bits per heavy atom. The van der Waals surface area contributed by atoms with Gasteiger partial charge in [-0.2, -0.15) is 13.2 Å². The molecule has 3 rings (SSSR count). The van der Waals surface area contributed by atoms with Crippen LogP contribution < -0.4 is 9.62 Å². The Labute approximate surface area is 161 Å². The molecule has 1 atom stereocenters. The number of halogens is 3. The topological polar surface area (TPSA) is 66.5 Å². The molecule has 2 aromatic rings. The first-order valence-corrected chi connectivity index (χ1v) is 10.1. The Bertz CT molecular complexity index is 973. The minimum atomic E-state index is -4.52. The molecule has 5 nitrogen and oxygen atoms in total. The third-order valence-electron chi connectivity index (χ3n) is 4.58. The van der Waals surface area contributed by atoms with Gasteiger partial charge in [0.2, 0.25) is 0 Å². The molecule has 150 valence electrons. The van der Waals surface area contributed by atoms with E-state index in [1.807, 2.05) is 19.1 Å². The van der Waals surface area contributed by atoms with Crippen LogP contribution in [0.5, 0.6) is 0 Å². The molecule has 0 bridgehead atoms. The van der Waals surface area contributed by atoms with Crippen molar-refractivity contribution in [2.75, 3.05) is 10.8 Å². The third kappa shape index (κ3) is 4.14. The molecular formula is C19H19F3N2O3S. The van der Waals surface area contributed by atoms with Gasteiger partial charge in [0.1, 0.15) is 6.54 Å². The van der Waals surface area contributed by atoms with E-state index in [-0.39, 0.29) is 16.5 Å². The average molecular weight is 412 g/mol. The van der Waals surface area contributed by atoms with Gasteiger partial charge in [-0.3, -0.25) is 9.10 Å². The van der Waals surface area contributed by atoms with E-state index >= 15 is 0 Å². The maximum Gasteiger partial charge on any atom is 0.405 e. The molecule has 9 heteroatoms. The zero-order valence-corrected chi connectivity index (χ0v) is 15.8. The quantitative estimate of drug-likeness (QED) is 0.836. The number of sulfonamides is 1. The van der Waals surface area contributed by atoms with Gasteiger partial charge in [0.25, 0.3) is 15.9 Å². The Balaban J connectivity index is 1.86. The Kier molecular flexibility index (Phi) is 5.38. The molecule has 1 amide bonds. The zero-order chi connectivity index (χ0) is 20.5. The summed E-state index contributed by atoms with van der Waals surface area (Å²) in [7, 11) is -3.88. The van der Waals surface area contributed by atoms with Gasteiger partial charge in [0.15, 0.2) is 0 Å². The van der Waals surface area contributed by atoms with Gasteiger partial charge in [-0.25, -0.2) is 8.42 Å². The molecule has 0 radical (unpaired) electrons. The van der Waals surface area contributed by atoms with E-state index in [9.17, 15) is 26.4 Å². The minimum absolute atomic E-state index is 0.0246. The second kappa shape index (κ2) is 7.46. The number of benzene rings is 2. The van der Waals surface area contributed by atoms with Crippen LogP contribution >= 0.6 is 0 Å². The van der Waals surface area contributed by atoms with Gasteiger partial charge in [-0.15, -0.1) is 0 Å². The lowest BCUT2D eigenvalue weighted by Crippen LogP contribution is -2.42. The predicted molar refractivity (Wildman–Crippen MR) is 98.7 cm³/mol. The number of nitrogens with one attached hydrogen (secondary N) is 1. The van der Waals surface area contributed by atoms with Crippen molar-refractivity contribution >= 4 is 21.6 Å². The Morgan fingerprint density at radius 3 is 2.43 bits per heavy atom. The number of carbonyl (C=O) groups is 1. The molecule has 0 saturated carbocycles. The van der Waals surface area contributed by atoms with Crippen molar-refractivity contribution < 1.29 is 26.4 Å². The first-order valence-electron chi connectivity index (χ1n) is 8.67. The number of fused-ring (bicyclic) bond motifs is 1. The van der Waals surface area contributed by atoms with Crippen LogP contribution in [0, 0.1) is 0 Å². The van der Waals surface area contributed by atoms with Gasteiger partial charge in [-0.1, -0.05) is 18.2 Å². The molecule has 0 aliphatic carbocycles. The van der Waals surface area contributed by atoms with E-state index in [2.05, 4.69) is 0 Å². The monoisotopic (exact) mass is 412 g/mol. The number of hydrogen-bond acceptors (Lipinski definition) is 3. The number of alkyl halides is 3. The summed E-state index contributed by atoms with van der Waals surface area (Å²) in [5.74, 6) is -0.919. The fraction of sp³-hybridized carbons (Fsp3) is 0.316. The van der Waals surface area contributed by atoms with E-state index in [1.165, 1.54) is 28.6 Å². The van der Waals surface area contributed by atoms with E-state index in [1.54, 1.807) is 17.4 Å². The fourth-order valence-corrected chi connectivity index (χ4v) is 4.92. The van der Waals surface area contributed by atoms with Gasteiger partial charge < -0.3 is 5.32 Å². The highest BCUT2D eigenvalue weighted by atomic mass is 32.2. The smallest absolute Gasteiger partial charge is 0.343 e. The molecule has 1 aliphatic heterocycles. The van der Waals surface area contributed by atoms with Crippen LogP contribution in [0.4, 0.5) is 18.9 Å². The second-order valence-corrected chi connectivity index (χ2v) is 8.45. The zero-order valence-electron chi connectivity index (χ0n) is 15.0. The SMILES string of the molecule is C[C@@H]1CCc2ccccc2N1S(=O)(=O)c1ccc(C(=O)NCC(F)(F)F)cc1. The lowest BCUT2D eigenvalue weighted by Gasteiger charge is -2.36. The van der Waals surface area contributed by atoms with Crippen LogP contribution in [-0.4, -0.2) is 33.1 Å². The van der Waals surface area contributed by atoms with Crippen LogP contribution in [0.3, 0.4) is 0 Å². The van der Waals surface area contributed by atoms with Crippen molar-refractivity contribution in [1.29, 1.82) is 0 Å². The molecule has 1 aliphatic rings. The van der Waals surface area contributed by atoms with Gasteiger partial charge >= 0.3 is 6.18 Å². The van der Waals surface area contributed by atoms with E-state index in [4.69, 9.17) is 0 Å². The molecule has 0 saturated heterocycles. The number of nitrogens with zero attached hydrogens (tertiary/aromatic N) is 1. The first kappa shape index (κ1) is 20.2. The van der Waals surface area contributed by atoms with Gasteiger partial charge in [-0.05, 0) is 55.7 Å². The molecule has 28 heavy (non-hydrogen) atoms. The number of anilines is 1. The molecule has 0 fully saturated rings. The minimum Gasteiger partial charge on any atom is -0.343 e. The second-order valence-electron chi connectivity index (χ2n) is 6.64. The number of aryl methyl sites for hydroxylation is 1. The molecule has 2 aromatic carbocycles. The highest BCUT2D eigenvalue weighted by molar-refractivity contribution is 7.92. The van der Waals surface area contributed by atoms with E-state index < -0.39 is 28.7 Å². The summed E-state index contributed by atoms with van der Waals surface area (Å²) < 4.78 is 64.4. The lowest BCUT2D eigenvalue weighted by molar-refractivity contribution is -0.123. The molecule has 0 unspecified atom stereocenters. The Hall–Kier alpha value is -2.55. The van der Waals surface area contributed by atoms with Crippen molar-refractivity contribution in [3.05, 3.63) is 59.7 Å². The van der Waals surface area contributed by atoms with Gasteiger partial charge in [0, 0.05) is 11.6 Å². The number of hydrogen-bond donors (Lipinski definition) is 1. The third-order valence-corrected chi connectivity index (χ3v) is 6.53. The summed E-state index contributed by atoms with van der Waals surface area (Å²) in [4.78, 5) is 11.8. The highest BCUT2D eigenvalue weighted by Gasteiger charge is 2.33. The molecule has 0 spiro atoms. The summed E-state index contributed by atoms with van der Waals surface area (Å²) in [6, 6.07) is 11.9. The van der Waals surface area contributed by atoms with Crippen LogP contribution in [0.15, 0.2) is 53.4 Å². The summed E-state index contributed by atoms with van der Waals surface area (Å²) in [6.07, 6.45) is -3.06. The highest BCUT2D eigenvalue weighted by Crippen LogP contribution is 2.35. The van der Waals surface area contributed by atoms with Crippen LogP contribution in [0.2, 0.25) is 0 Å². The molecule has 0 aromatic heterocycles. The van der Waals surface area contributed by atoms with Crippen LogP contribution in [-0.2, 0) is 16.4 Å². The predicted octanol–water partition coefficient (Wildman–Crippen LogP) is 3.51. The average Bonchev–Trinajstić information content (AvgIpc) is 2.65. The van der Waals surface area contributed by atoms with E-state index in [0.29, 0.717) is 12.1 Å². The number of rotatable bonds is 4. The summed E-state index contributed by atoms with van der Waals surface area (Å²) in [5, 5.41) is 1.76. The Morgan fingerprint density at radius 1 is 1.14 bits per heavy atom. The van der Waals surface area contributed by atoms with E-state index in [0.717, 1.165) is 12.0 Å². The lowest BCUT2D eigenvalue weighted by atomic mass is 9.99. The van der Waals surface area contributed by atoms with Crippen molar-refractivity contribution in [2.24, 2.45) is 0 Å². The summed E-state index contributed by atoms with van der Waals surface area (Å²) in [5.41, 5.74) is 1.51. The van der Waals surface area contributed by atoms with Crippen LogP contribution in [0.25, 0.3) is 0 Å². The van der Waals surface area contributed by atoms with Crippen molar-refractivity contribution in [3.63, 3.8) is 0 Å². The van der Waals surface area contributed by atoms with Crippen molar-refractivity contribution in [2.45, 2.75) is 36.9 Å². The number of carbonyl (C=O) groups excluding carboxylic acids is 1. The van der Waals surface area contributed by atoms with Gasteiger partial charge in [0.05, 0.1) is 10.6 Å². The maximum atomic E-state index is 13.2. The molecule has 1 N–H and O–H groups in total. The maximum absolute atomic E-state index is 13.2. The number of amides is 1. The van der Waals surface area contributed by atoms with Crippen LogP contribution in [0.1, 0.15) is 29.3 Å². The molecule has 1 heterocycles.